The van der Waals surface area contributed by atoms with E-state index in [2.05, 4.69) is 5.32 Å². The molecule has 0 aromatic rings. The number of halogens is 2. The van der Waals surface area contributed by atoms with Gasteiger partial charge in [-0.05, 0) is 20.8 Å². The zero-order valence-corrected chi connectivity index (χ0v) is 9.47. The molecule has 0 atom stereocenters. The Balaban J connectivity index is 2.58. The van der Waals surface area contributed by atoms with Crippen LogP contribution in [0.5, 0.6) is 0 Å². The van der Waals surface area contributed by atoms with Gasteiger partial charge < -0.3 is 10.1 Å². The van der Waals surface area contributed by atoms with Gasteiger partial charge in [-0.25, -0.2) is 13.6 Å². The molecule has 1 aliphatic rings. The standard InChI is InChI=1S/C10H15F2NO3/c1-9(2,3)16-8(15)13-10(7(11)12)4-6(14)5-10/h7H,4-5H2,1-3H3,(H,13,15). The zero-order chi connectivity index (χ0) is 12.6. The third-order valence-corrected chi connectivity index (χ3v) is 2.19. The minimum atomic E-state index is -2.77. The summed E-state index contributed by atoms with van der Waals surface area (Å²) in [5, 5.41) is 2.08. The molecule has 0 aromatic heterocycles. The van der Waals surface area contributed by atoms with Gasteiger partial charge in [-0.2, -0.15) is 0 Å². The van der Waals surface area contributed by atoms with E-state index in [4.69, 9.17) is 4.74 Å². The summed E-state index contributed by atoms with van der Waals surface area (Å²) in [4.78, 5) is 22.1. The van der Waals surface area contributed by atoms with Crippen molar-refractivity contribution >= 4 is 11.9 Å². The first-order chi connectivity index (χ1) is 7.15. The summed E-state index contributed by atoms with van der Waals surface area (Å²) < 4.78 is 30.2. The molecule has 0 bridgehead atoms. The first-order valence-corrected chi connectivity index (χ1v) is 4.96. The molecule has 0 saturated heterocycles. The molecule has 16 heavy (non-hydrogen) atoms. The molecule has 1 saturated carbocycles. The maximum absolute atomic E-state index is 12.7. The molecular formula is C10H15F2NO3. The van der Waals surface area contributed by atoms with Crippen LogP contribution in [-0.4, -0.2) is 29.4 Å². The average Bonchev–Trinajstić information content (AvgIpc) is 1.96. The monoisotopic (exact) mass is 235 g/mol. The first kappa shape index (κ1) is 12.9. The first-order valence-electron chi connectivity index (χ1n) is 4.96. The second-order valence-electron chi connectivity index (χ2n) is 4.98. The van der Waals surface area contributed by atoms with Gasteiger partial charge in [0, 0.05) is 12.8 Å². The summed E-state index contributed by atoms with van der Waals surface area (Å²) in [5.41, 5.74) is -2.47. The van der Waals surface area contributed by atoms with Crippen molar-refractivity contribution in [1.29, 1.82) is 0 Å². The van der Waals surface area contributed by atoms with Gasteiger partial charge in [-0.1, -0.05) is 0 Å². The third kappa shape index (κ3) is 2.90. The molecule has 92 valence electrons. The molecule has 1 rings (SSSR count). The van der Waals surface area contributed by atoms with E-state index in [1.807, 2.05) is 0 Å². The third-order valence-electron chi connectivity index (χ3n) is 2.19. The number of nitrogens with one attached hydrogen (secondary N) is 1. The Bertz CT molecular complexity index is 302. The fourth-order valence-electron chi connectivity index (χ4n) is 1.46. The average molecular weight is 235 g/mol. The Hall–Kier alpha value is -1.20. The molecule has 0 aromatic carbocycles. The highest BCUT2D eigenvalue weighted by Gasteiger charge is 2.52. The van der Waals surface area contributed by atoms with Crippen LogP contribution in [0.15, 0.2) is 0 Å². The number of rotatable bonds is 2. The summed E-state index contributed by atoms with van der Waals surface area (Å²) in [6.45, 7) is 4.90. The van der Waals surface area contributed by atoms with Crippen molar-refractivity contribution in [2.75, 3.05) is 0 Å². The van der Waals surface area contributed by atoms with Gasteiger partial charge in [0.2, 0.25) is 0 Å². The van der Waals surface area contributed by atoms with E-state index in [0.29, 0.717) is 0 Å². The van der Waals surface area contributed by atoms with Crippen molar-refractivity contribution in [2.24, 2.45) is 0 Å². The van der Waals surface area contributed by atoms with Crippen molar-refractivity contribution in [3.05, 3.63) is 0 Å². The van der Waals surface area contributed by atoms with Crippen LogP contribution in [-0.2, 0) is 9.53 Å². The summed E-state index contributed by atoms with van der Waals surface area (Å²) >= 11 is 0. The number of alkyl carbamates (subject to hydrolysis) is 1. The smallest absolute Gasteiger partial charge is 0.408 e. The van der Waals surface area contributed by atoms with Gasteiger partial charge in [-0.15, -0.1) is 0 Å². The molecule has 1 amide bonds. The predicted molar refractivity (Wildman–Crippen MR) is 52.3 cm³/mol. The molecule has 0 radical (unpaired) electrons. The van der Waals surface area contributed by atoms with E-state index in [-0.39, 0.29) is 18.6 Å². The van der Waals surface area contributed by atoms with E-state index in [1.165, 1.54) is 0 Å². The molecule has 1 fully saturated rings. The summed E-state index contributed by atoms with van der Waals surface area (Å²) in [6.07, 6.45) is -4.34. The number of carbonyl (C=O) groups excluding carboxylic acids is 2. The quantitative estimate of drug-likeness (QED) is 0.795. The second-order valence-corrected chi connectivity index (χ2v) is 4.98. The maximum atomic E-state index is 12.7. The number of amides is 1. The van der Waals surface area contributed by atoms with Crippen LogP contribution in [0.2, 0.25) is 0 Å². The van der Waals surface area contributed by atoms with Crippen molar-refractivity contribution in [3.8, 4) is 0 Å². The van der Waals surface area contributed by atoms with Gasteiger partial charge in [0.15, 0.2) is 0 Å². The van der Waals surface area contributed by atoms with Gasteiger partial charge in [0.05, 0.1) is 0 Å². The van der Waals surface area contributed by atoms with Crippen molar-refractivity contribution in [3.63, 3.8) is 0 Å². The van der Waals surface area contributed by atoms with Crippen LogP contribution in [0.25, 0.3) is 0 Å². The lowest BCUT2D eigenvalue weighted by Gasteiger charge is -2.40. The van der Waals surface area contributed by atoms with Crippen LogP contribution < -0.4 is 5.32 Å². The summed E-state index contributed by atoms with van der Waals surface area (Å²) in [6, 6.07) is 0. The number of hydrogen-bond acceptors (Lipinski definition) is 3. The SMILES string of the molecule is CC(C)(C)OC(=O)NC1(C(F)F)CC(=O)C1. The Morgan fingerprint density at radius 1 is 1.44 bits per heavy atom. The fourth-order valence-corrected chi connectivity index (χ4v) is 1.46. The molecule has 1 N–H and O–H groups in total. The molecule has 4 nitrogen and oxygen atoms in total. The molecule has 0 heterocycles. The zero-order valence-electron chi connectivity index (χ0n) is 9.47. The number of ether oxygens (including phenoxy) is 1. The molecule has 0 unspecified atom stereocenters. The van der Waals surface area contributed by atoms with E-state index in [9.17, 15) is 18.4 Å². The number of Topliss-reactive ketones (excluding diaryl/α,β-unsaturated/α-hetero) is 1. The lowest BCUT2D eigenvalue weighted by atomic mass is 9.76. The number of hydrogen-bond donors (Lipinski definition) is 1. The van der Waals surface area contributed by atoms with E-state index in [1.54, 1.807) is 20.8 Å². The highest BCUT2D eigenvalue weighted by atomic mass is 19.3. The van der Waals surface area contributed by atoms with Crippen LogP contribution >= 0.6 is 0 Å². The summed E-state index contributed by atoms with van der Waals surface area (Å²) in [5.74, 6) is -0.281. The number of carbonyl (C=O) groups is 2. The molecular weight excluding hydrogens is 220 g/mol. The van der Waals surface area contributed by atoms with E-state index in [0.717, 1.165) is 0 Å². The van der Waals surface area contributed by atoms with Crippen LogP contribution in [0.1, 0.15) is 33.6 Å². The molecule has 0 spiro atoms. The minimum Gasteiger partial charge on any atom is -0.444 e. The fraction of sp³-hybridized carbons (Fsp3) is 0.800. The van der Waals surface area contributed by atoms with Gasteiger partial charge in [0.25, 0.3) is 6.43 Å². The number of ketones is 1. The lowest BCUT2D eigenvalue weighted by Crippen LogP contribution is -2.62. The highest BCUT2D eigenvalue weighted by molar-refractivity contribution is 5.89. The van der Waals surface area contributed by atoms with Crippen LogP contribution in [0, 0.1) is 0 Å². The maximum Gasteiger partial charge on any atom is 0.408 e. The molecule has 0 aliphatic heterocycles. The Labute approximate surface area is 92.3 Å². The van der Waals surface area contributed by atoms with Gasteiger partial charge >= 0.3 is 6.09 Å². The van der Waals surface area contributed by atoms with E-state index >= 15 is 0 Å². The van der Waals surface area contributed by atoms with Gasteiger partial charge in [0.1, 0.15) is 16.9 Å². The van der Waals surface area contributed by atoms with Crippen molar-refractivity contribution < 1.29 is 23.1 Å². The predicted octanol–water partition coefficient (Wildman–Crippen LogP) is 1.88. The second kappa shape index (κ2) is 3.99. The normalized spacial score (nSPS) is 19.2. The van der Waals surface area contributed by atoms with E-state index < -0.39 is 23.7 Å². The van der Waals surface area contributed by atoms with Crippen LogP contribution in [0.3, 0.4) is 0 Å². The Morgan fingerprint density at radius 2 is 1.94 bits per heavy atom. The van der Waals surface area contributed by atoms with Crippen molar-refractivity contribution in [1.82, 2.24) is 5.32 Å². The molecule has 6 heteroatoms. The largest absolute Gasteiger partial charge is 0.444 e. The summed E-state index contributed by atoms with van der Waals surface area (Å²) in [7, 11) is 0. The highest BCUT2D eigenvalue weighted by Crippen LogP contribution is 2.34. The topological polar surface area (TPSA) is 55.4 Å². The Kier molecular flexibility index (Phi) is 3.21. The van der Waals surface area contributed by atoms with Crippen LogP contribution in [0.4, 0.5) is 13.6 Å². The number of alkyl halides is 2. The van der Waals surface area contributed by atoms with Crippen molar-refractivity contribution in [2.45, 2.75) is 51.2 Å². The van der Waals surface area contributed by atoms with Gasteiger partial charge in [-0.3, -0.25) is 4.79 Å². The minimum absolute atomic E-state index is 0.281. The molecule has 1 aliphatic carbocycles. The lowest BCUT2D eigenvalue weighted by molar-refractivity contribution is -0.136. The Morgan fingerprint density at radius 3 is 2.25 bits per heavy atom.